The molecule has 8 heteroatoms. The normalized spacial score (nSPS) is 11.2. The standard InChI is InChI=1S/C21H29FN4O2.HI/c1-5-27-17-8-10-20(28-6-2)19(12-17)25-21(23)24-13-15-7-9-18(22)16(11-15)14-26(3)4;/h7-12H,5-6,13-14H2,1-4H3,(H3,23,24,25);1H. The molecule has 0 saturated carbocycles. The molecule has 2 rings (SSSR count). The summed E-state index contributed by atoms with van der Waals surface area (Å²) in [5.41, 5.74) is 8.25. The molecule has 0 bridgehead atoms. The number of halogens is 2. The van der Waals surface area contributed by atoms with Crippen LogP contribution in [0, 0.1) is 5.82 Å². The molecule has 3 N–H and O–H groups in total. The lowest BCUT2D eigenvalue weighted by Crippen LogP contribution is -2.23. The molecule has 2 aromatic rings. The SMILES string of the molecule is CCOc1ccc(OCC)c(NC(N)=NCc2ccc(F)c(CN(C)C)c2)c1.I. The molecule has 0 fully saturated rings. The zero-order valence-electron chi connectivity index (χ0n) is 17.4. The third-order valence-corrected chi connectivity index (χ3v) is 3.85. The minimum Gasteiger partial charge on any atom is -0.494 e. The highest BCUT2D eigenvalue weighted by atomic mass is 127. The third-order valence-electron chi connectivity index (χ3n) is 3.85. The van der Waals surface area contributed by atoms with Crippen LogP contribution in [-0.4, -0.2) is 38.2 Å². The molecule has 0 spiro atoms. The fourth-order valence-corrected chi connectivity index (χ4v) is 2.69. The molecule has 0 unspecified atom stereocenters. The summed E-state index contributed by atoms with van der Waals surface area (Å²) >= 11 is 0. The minimum atomic E-state index is -0.221. The number of hydrogen-bond donors (Lipinski definition) is 2. The van der Waals surface area contributed by atoms with Crippen molar-refractivity contribution in [2.24, 2.45) is 10.7 Å². The van der Waals surface area contributed by atoms with Crippen LogP contribution >= 0.6 is 24.0 Å². The number of rotatable bonds is 9. The summed E-state index contributed by atoms with van der Waals surface area (Å²) in [7, 11) is 3.80. The second kappa shape index (κ2) is 12.5. The van der Waals surface area contributed by atoms with E-state index in [4.69, 9.17) is 15.2 Å². The Labute approximate surface area is 189 Å². The molecule has 0 atom stereocenters. The highest BCUT2D eigenvalue weighted by Crippen LogP contribution is 2.29. The second-order valence-corrected chi connectivity index (χ2v) is 6.51. The Morgan fingerprint density at radius 1 is 1.10 bits per heavy atom. The summed E-state index contributed by atoms with van der Waals surface area (Å²) in [5.74, 6) is 1.40. The zero-order chi connectivity index (χ0) is 20.5. The first-order chi connectivity index (χ1) is 13.4. The Bertz CT molecular complexity index is 815. The van der Waals surface area contributed by atoms with Gasteiger partial charge in [-0.15, -0.1) is 24.0 Å². The Kier molecular flexibility index (Phi) is 10.7. The monoisotopic (exact) mass is 516 g/mol. The largest absolute Gasteiger partial charge is 0.494 e. The van der Waals surface area contributed by atoms with E-state index in [0.717, 1.165) is 5.56 Å². The molecule has 2 aromatic carbocycles. The van der Waals surface area contributed by atoms with E-state index in [0.29, 0.717) is 49.1 Å². The van der Waals surface area contributed by atoms with Crippen molar-refractivity contribution in [1.82, 2.24) is 4.90 Å². The number of anilines is 1. The van der Waals surface area contributed by atoms with Gasteiger partial charge >= 0.3 is 0 Å². The number of benzene rings is 2. The van der Waals surface area contributed by atoms with Crippen LogP contribution in [0.1, 0.15) is 25.0 Å². The van der Waals surface area contributed by atoms with E-state index in [1.165, 1.54) is 6.07 Å². The summed E-state index contributed by atoms with van der Waals surface area (Å²) in [6.45, 7) is 5.80. The highest BCUT2D eigenvalue weighted by Gasteiger charge is 2.08. The van der Waals surface area contributed by atoms with Crippen molar-refractivity contribution >= 4 is 35.6 Å². The highest BCUT2D eigenvalue weighted by molar-refractivity contribution is 14.0. The van der Waals surface area contributed by atoms with E-state index < -0.39 is 0 Å². The Hall–Kier alpha value is -2.07. The molecule has 0 aliphatic rings. The van der Waals surface area contributed by atoms with Gasteiger partial charge in [0.05, 0.1) is 25.4 Å². The summed E-state index contributed by atoms with van der Waals surface area (Å²) in [6, 6.07) is 10.5. The number of ether oxygens (including phenoxy) is 2. The summed E-state index contributed by atoms with van der Waals surface area (Å²) in [4.78, 5) is 6.29. The average molecular weight is 516 g/mol. The predicted molar refractivity (Wildman–Crippen MR) is 127 cm³/mol. The van der Waals surface area contributed by atoms with E-state index in [9.17, 15) is 4.39 Å². The zero-order valence-corrected chi connectivity index (χ0v) is 19.7. The first-order valence-electron chi connectivity index (χ1n) is 9.31. The van der Waals surface area contributed by atoms with Crippen LogP contribution in [0.4, 0.5) is 10.1 Å². The molecular weight excluding hydrogens is 486 g/mol. The number of aliphatic imine (C=N–C) groups is 1. The second-order valence-electron chi connectivity index (χ2n) is 6.51. The minimum absolute atomic E-state index is 0. The predicted octanol–water partition coefficient (Wildman–Crippen LogP) is 4.23. The van der Waals surface area contributed by atoms with E-state index in [1.807, 2.05) is 57.1 Å². The van der Waals surface area contributed by atoms with Crippen LogP contribution in [0.15, 0.2) is 41.4 Å². The number of nitrogens with one attached hydrogen (secondary N) is 1. The maximum Gasteiger partial charge on any atom is 0.193 e. The third kappa shape index (κ3) is 8.06. The molecule has 6 nitrogen and oxygen atoms in total. The fraction of sp³-hybridized carbons (Fsp3) is 0.381. The van der Waals surface area contributed by atoms with Crippen LogP contribution in [0.3, 0.4) is 0 Å². The fourth-order valence-electron chi connectivity index (χ4n) is 2.69. The average Bonchev–Trinajstić information content (AvgIpc) is 2.64. The molecule has 0 aromatic heterocycles. The molecule has 0 heterocycles. The van der Waals surface area contributed by atoms with E-state index in [-0.39, 0.29) is 35.8 Å². The molecule has 29 heavy (non-hydrogen) atoms. The molecule has 160 valence electrons. The molecule has 0 amide bonds. The maximum atomic E-state index is 13.9. The van der Waals surface area contributed by atoms with Crippen molar-refractivity contribution in [3.05, 3.63) is 53.3 Å². The molecule has 0 aliphatic heterocycles. The lowest BCUT2D eigenvalue weighted by atomic mass is 10.1. The van der Waals surface area contributed by atoms with Crippen molar-refractivity contribution in [1.29, 1.82) is 0 Å². The van der Waals surface area contributed by atoms with Crippen LogP contribution < -0.4 is 20.5 Å². The summed E-state index contributed by atoms with van der Waals surface area (Å²) in [6.07, 6.45) is 0. The molecule has 0 aliphatic carbocycles. The van der Waals surface area contributed by atoms with Crippen LogP contribution in [0.5, 0.6) is 11.5 Å². The van der Waals surface area contributed by atoms with Gasteiger partial charge in [0, 0.05) is 18.2 Å². The summed E-state index contributed by atoms with van der Waals surface area (Å²) in [5, 5.41) is 3.06. The van der Waals surface area contributed by atoms with Crippen molar-refractivity contribution in [2.75, 3.05) is 32.6 Å². The first-order valence-corrected chi connectivity index (χ1v) is 9.31. The van der Waals surface area contributed by atoms with Gasteiger partial charge in [-0.3, -0.25) is 0 Å². The number of hydrogen-bond acceptors (Lipinski definition) is 4. The first kappa shape index (κ1) is 25.0. The van der Waals surface area contributed by atoms with Gasteiger partial charge in [-0.1, -0.05) is 6.07 Å². The molecular formula is C21H30FIN4O2. The number of guanidine groups is 1. The van der Waals surface area contributed by atoms with Crippen LogP contribution in [-0.2, 0) is 13.1 Å². The molecule has 0 saturated heterocycles. The van der Waals surface area contributed by atoms with E-state index in [1.54, 1.807) is 6.07 Å². The smallest absolute Gasteiger partial charge is 0.193 e. The Balaban J connectivity index is 0.00000420. The van der Waals surface area contributed by atoms with Crippen molar-refractivity contribution in [3.8, 4) is 11.5 Å². The van der Waals surface area contributed by atoms with Gasteiger partial charge in [0.25, 0.3) is 0 Å². The molecule has 0 radical (unpaired) electrons. The quantitative estimate of drug-likeness (QED) is 0.297. The topological polar surface area (TPSA) is 72.1 Å². The van der Waals surface area contributed by atoms with Crippen LogP contribution in [0.2, 0.25) is 0 Å². The Morgan fingerprint density at radius 2 is 1.83 bits per heavy atom. The van der Waals surface area contributed by atoms with Gasteiger partial charge in [-0.2, -0.15) is 0 Å². The van der Waals surface area contributed by atoms with Crippen molar-refractivity contribution in [2.45, 2.75) is 26.9 Å². The van der Waals surface area contributed by atoms with Gasteiger partial charge in [0.1, 0.15) is 17.3 Å². The lowest BCUT2D eigenvalue weighted by Gasteiger charge is -2.14. The van der Waals surface area contributed by atoms with Gasteiger partial charge in [-0.05, 0) is 57.8 Å². The van der Waals surface area contributed by atoms with Crippen molar-refractivity contribution < 1.29 is 13.9 Å². The lowest BCUT2D eigenvalue weighted by molar-refractivity contribution is 0.332. The van der Waals surface area contributed by atoms with Crippen molar-refractivity contribution in [3.63, 3.8) is 0 Å². The summed E-state index contributed by atoms with van der Waals surface area (Å²) < 4.78 is 25.1. The number of nitrogens with zero attached hydrogens (tertiary/aromatic N) is 2. The Morgan fingerprint density at radius 3 is 2.48 bits per heavy atom. The maximum absolute atomic E-state index is 13.9. The van der Waals surface area contributed by atoms with Gasteiger partial charge in [-0.25, -0.2) is 9.38 Å². The number of nitrogens with two attached hydrogens (primary N) is 1. The van der Waals surface area contributed by atoms with Gasteiger partial charge < -0.3 is 25.4 Å². The van der Waals surface area contributed by atoms with Gasteiger partial charge in [0.2, 0.25) is 0 Å². The van der Waals surface area contributed by atoms with E-state index in [2.05, 4.69) is 10.3 Å². The van der Waals surface area contributed by atoms with E-state index >= 15 is 0 Å². The van der Waals surface area contributed by atoms with Crippen LogP contribution in [0.25, 0.3) is 0 Å². The van der Waals surface area contributed by atoms with Gasteiger partial charge in [0.15, 0.2) is 5.96 Å².